The third-order valence-electron chi connectivity index (χ3n) is 5.31. The first-order valence-corrected chi connectivity index (χ1v) is 11.9. The highest BCUT2D eigenvalue weighted by molar-refractivity contribution is 5.94. The Kier molecular flexibility index (Phi) is 8.68. The van der Waals surface area contributed by atoms with Crippen LogP contribution >= 0.6 is 0 Å². The van der Waals surface area contributed by atoms with Crippen LogP contribution in [0.15, 0.2) is 66.6 Å². The van der Waals surface area contributed by atoms with Crippen LogP contribution < -0.4 is 4.90 Å². The SMILES string of the molecule is CCOC(=O)CN(C(=O)OC(C)(C)C)c1ccnc(C2=CC=C(OCc3ccccc3)CC2C)c1. The summed E-state index contributed by atoms with van der Waals surface area (Å²) in [5.74, 6) is 0.567. The normalized spacial score (nSPS) is 15.5. The van der Waals surface area contributed by atoms with E-state index in [0.29, 0.717) is 12.3 Å². The lowest BCUT2D eigenvalue weighted by Crippen LogP contribution is -2.40. The van der Waals surface area contributed by atoms with Gasteiger partial charge in [-0.05, 0) is 63.0 Å². The lowest BCUT2D eigenvalue weighted by Gasteiger charge is -2.27. The molecule has 0 bridgehead atoms. The summed E-state index contributed by atoms with van der Waals surface area (Å²) >= 11 is 0. The van der Waals surface area contributed by atoms with E-state index in [1.807, 2.05) is 42.5 Å². The van der Waals surface area contributed by atoms with Crippen LogP contribution in [0.3, 0.4) is 0 Å². The van der Waals surface area contributed by atoms with Crippen molar-refractivity contribution in [2.24, 2.45) is 5.92 Å². The summed E-state index contributed by atoms with van der Waals surface area (Å²) < 4.78 is 16.6. The number of nitrogens with zero attached hydrogens (tertiary/aromatic N) is 2. The highest BCUT2D eigenvalue weighted by Gasteiger charge is 2.27. The van der Waals surface area contributed by atoms with Gasteiger partial charge in [0, 0.05) is 12.6 Å². The van der Waals surface area contributed by atoms with E-state index in [4.69, 9.17) is 14.2 Å². The van der Waals surface area contributed by atoms with E-state index in [0.717, 1.165) is 29.0 Å². The van der Waals surface area contributed by atoms with E-state index in [2.05, 4.69) is 11.9 Å². The molecular weight excluding hydrogens is 444 g/mol. The van der Waals surface area contributed by atoms with E-state index in [1.54, 1.807) is 46.0 Å². The summed E-state index contributed by atoms with van der Waals surface area (Å²) in [5.41, 5.74) is 2.68. The molecule has 0 fully saturated rings. The van der Waals surface area contributed by atoms with Gasteiger partial charge >= 0.3 is 12.1 Å². The summed E-state index contributed by atoms with van der Waals surface area (Å²) in [5, 5.41) is 0. The minimum Gasteiger partial charge on any atom is -0.493 e. The van der Waals surface area contributed by atoms with Gasteiger partial charge in [0.2, 0.25) is 0 Å². The van der Waals surface area contributed by atoms with Gasteiger partial charge in [-0.15, -0.1) is 0 Å². The maximum Gasteiger partial charge on any atom is 0.415 e. The Morgan fingerprint density at radius 2 is 1.86 bits per heavy atom. The van der Waals surface area contributed by atoms with Gasteiger partial charge < -0.3 is 14.2 Å². The Labute approximate surface area is 207 Å². The average Bonchev–Trinajstić information content (AvgIpc) is 2.81. The Morgan fingerprint density at radius 3 is 2.51 bits per heavy atom. The molecule has 0 aliphatic heterocycles. The van der Waals surface area contributed by atoms with Crippen molar-refractivity contribution in [1.29, 1.82) is 0 Å². The average molecular weight is 479 g/mol. The predicted octanol–water partition coefficient (Wildman–Crippen LogP) is 5.91. The second kappa shape index (κ2) is 11.7. The van der Waals surface area contributed by atoms with Crippen molar-refractivity contribution in [2.75, 3.05) is 18.1 Å². The molecule has 0 radical (unpaired) electrons. The van der Waals surface area contributed by atoms with E-state index >= 15 is 0 Å². The van der Waals surface area contributed by atoms with Crippen molar-refractivity contribution in [3.63, 3.8) is 0 Å². The molecule has 1 aliphatic rings. The zero-order valence-corrected chi connectivity index (χ0v) is 21.1. The predicted molar refractivity (Wildman–Crippen MR) is 136 cm³/mol. The van der Waals surface area contributed by atoms with E-state index in [9.17, 15) is 9.59 Å². The fourth-order valence-electron chi connectivity index (χ4n) is 3.68. The van der Waals surface area contributed by atoms with Gasteiger partial charge in [0.25, 0.3) is 0 Å². The number of amides is 1. The topological polar surface area (TPSA) is 78.0 Å². The maximum atomic E-state index is 12.9. The molecule has 1 heterocycles. The van der Waals surface area contributed by atoms with Crippen molar-refractivity contribution in [3.8, 4) is 0 Å². The summed E-state index contributed by atoms with van der Waals surface area (Å²) in [7, 11) is 0. The highest BCUT2D eigenvalue weighted by Crippen LogP contribution is 2.33. The minimum absolute atomic E-state index is 0.161. The quantitative estimate of drug-likeness (QED) is 0.439. The fourth-order valence-corrected chi connectivity index (χ4v) is 3.68. The molecule has 1 unspecified atom stereocenters. The molecule has 1 atom stereocenters. The van der Waals surface area contributed by atoms with E-state index in [1.165, 1.54) is 4.90 Å². The standard InChI is InChI=1S/C28H34N2O5/c1-6-33-26(31)18-30(27(32)35-28(3,4)5)22-14-15-29-25(17-22)24-13-12-23(16-20(24)2)34-19-21-10-8-7-9-11-21/h7-15,17,20H,6,16,18-19H2,1-5H3. The number of hydrogen-bond donors (Lipinski definition) is 0. The van der Waals surface area contributed by atoms with Crippen molar-refractivity contribution in [1.82, 2.24) is 4.98 Å². The molecule has 0 saturated carbocycles. The number of anilines is 1. The van der Waals surface area contributed by atoms with Gasteiger partial charge in [-0.2, -0.15) is 0 Å². The third-order valence-corrected chi connectivity index (χ3v) is 5.31. The second-order valence-electron chi connectivity index (χ2n) is 9.41. The number of esters is 1. The molecular formula is C28H34N2O5. The van der Waals surface area contributed by atoms with Crippen LogP contribution in [0.4, 0.5) is 10.5 Å². The molecule has 0 saturated heterocycles. The molecule has 1 aromatic carbocycles. The smallest absolute Gasteiger partial charge is 0.415 e. The van der Waals surface area contributed by atoms with Gasteiger partial charge in [0.1, 0.15) is 18.8 Å². The van der Waals surface area contributed by atoms with E-state index in [-0.39, 0.29) is 19.1 Å². The Morgan fingerprint density at radius 1 is 1.11 bits per heavy atom. The number of aromatic nitrogens is 1. The van der Waals surface area contributed by atoms with Crippen LogP contribution in [0.25, 0.3) is 5.57 Å². The van der Waals surface area contributed by atoms with Gasteiger partial charge in [0.15, 0.2) is 0 Å². The highest BCUT2D eigenvalue weighted by atomic mass is 16.6. The number of allylic oxidation sites excluding steroid dienone is 4. The molecule has 7 nitrogen and oxygen atoms in total. The van der Waals surface area contributed by atoms with Crippen molar-refractivity contribution in [3.05, 3.63) is 77.8 Å². The molecule has 35 heavy (non-hydrogen) atoms. The second-order valence-corrected chi connectivity index (χ2v) is 9.41. The summed E-state index contributed by atoms with van der Waals surface area (Å²) in [4.78, 5) is 30.9. The number of ether oxygens (including phenoxy) is 3. The van der Waals surface area contributed by atoms with Gasteiger partial charge in [-0.1, -0.05) is 43.3 Å². The molecule has 1 aromatic heterocycles. The van der Waals surface area contributed by atoms with Crippen molar-refractivity contribution >= 4 is 23.3 Å². The Bertz CT molecular complexity index is 1090. The van der Waals surface area contributed by atoms with E-state index < -0.39 is 17.7 Å². The van der Waals surface area contributed by atoms with Gasteiger partial charge in [-0.25, -0.2) is 4.79 Å². The summed E-state index contributed by atoms with van der Waals surface area (Å²) in [6.45, 7) is 9.68. The van der Waals surface area contributed by atoms with Crippen molar-refractivity contribution < 1.29 is 23.8 Å². The first-order chi connectivity index (χ1) is 16.7. The number of pyridine rings is 1. The van der Waals surface area contributed by atoms with Crippen LogP contribution in [0, 0.1) is 5.92 Å². The number of benzene rings is 1. The number of carbonyl (C=O) groups is 2. The van der Waals surface area contributed by atoms with Gasteiger partial charge in [-0.3, -0.25) is 14.7 Å². The Balaban J connectivity index is 1.81. The fraction of sp³-hybridized carbons (Fsp3) is 0.393. The van der Waals surface area contributed by atoms with Crippen LogP contribution in [-0.4, -0.2) is 35.8 Å². The molecule has 2 aromatic rings. The molecule has 7 heteroatoms. The van der Waals surface area contributed by atoms with Crippen LogP contribution in [0.2, 0.25) is 0 Å². The molecule has 186 valence electrons. The first kappa shape index (κ1) is 26.0. The number of rotatable bonds is 8. The third kappa shape index (κ3) is 7.70. The zero-order chi connectivity index (χ0) is 25.4. The molecule has 1 amide bonds. The number of hydrogen-bond acceptors (Lipinski definition) is 6. The minimum atomic E-state index is -0.707. The Hall–Kier alpha value is -3.61. The zero-order valence-electron chi connectivity index (χ0n) is 21.1. The lowest BCUT2D eigenvalue weighted by atomic mass is 9.89. The molecule has 1 aliphatic carbocycles. The molecule has 3 rings (SSSR count). The largest absolute Gasteiger partial charge is 0.493 e. The number of carbonyl (C=O) groups excluding carboxylic acids is 2. The first-order valence-electron chi connectivity index (χ1n) is 11.9. The maximum absolute atomic E-state index is 12.9. The van der Waals surface area contributed by atoms with Crippen LogP contribution in [0.1, 0.15) is 52.3 Å². The summed E-state index contributed by atoms with van der Waals surface area (Å²) in [6.07, 6.45) is 5.72. The van der Waals surface area contributed by atoms with Crippen LogP contribution in [-0.2, 0) is 25.6 Å². The van der Waals surface area contributed by atoms with Gasteiger partial charge in [0.05, 0.1) is 23.7 Å². The van der Waals surface area contributed by atoms with Crippen LogP contribution in [0.5, 0.6) is 0 Å². The van der Waals surface area contributed by atoms with Crippen molar-refractivity contribution in [2.45, 2.75) is 53.2 Å². The monoisotopic (exact) mass is 478 g/mol. The molecule has 0 N–H and O–H groups in total. The lowest BCUT2D eigenvalue weighted by molar-refractivity contribution is -0.141. The summed E-state index contributed by atoms with van der Waals surface area (Å²) in [6, 6.07) is 13.5. The molecule has 0 spiro atoms.